The lowest BCUT2D eigenvalue weighted by atomic mass is 9.88. The van der Waals surface area contributed by atoms with E-state index in [-0.39, 0.29) is 17.3 Å². The maximum absolute atomic E-state index is 6.28. The minimum Gasteiger partial charge on any atom is -0.379 e. The van der Waals surface area contributed by atoms with Gasteiger partial charge in [0, 0.05) is 25.5 Å². The van der Waals surface area contributed by atoms with E-state index < -0.39 is 0 Å². The molecule has 3 unspecified atom stereocenters. The first-order valence-corrected chi connectivity index (χ1v) is 6.63. The summed E-state index contributed by atoms with van der Waals surface area (Å²) in [5.41, 5.74) is -0.135. The van der Waals surface area contributed by atoms with Crippen LogP contribution in [0.4, 0.5) is 0 Å². The first-order valence-electron chi connectivity index (χ1n) is 5.51. The quantitative estimate of drug-likeness (QED) is 0.725. The number of hydrogen-bond donors (Lipinski definition) is 0. The molecule has 0 N–H and O–H groups in total. The SMILES string of the molecule is COC1COCCC12CCC(C)(CBr)O2. The fourth-order valence-electron chi connectivity index (χ4n) is 2.60. The van der Waals surface area contributed by atoms with Crippen molar-refractivity contribution in [2.75, 3.05) is 25.7 Å². The standard InChI is InChI=1S/C11H19BrO3/c1-10(8-12)3-4-11(15-10)5-6-14-7-9(11)13-2/h9H,3-8H2,1-2H3. The molecule has 15 heavy (non-hydrogen) atoms. The number of methoxy groups -OCH3 is 1. The monoisotopic (exact) mass is 278 g/mol. The van der Waals surface area contributed by atoms with Crippen LogP contribution >= 0.6 is 15.9 Å². The van der Waals surface area contributed by atoms with Gasteiger partial charge in [-0.1, -0.05) is 15.9 Å². The second kappa shape index (κ2) is 4.32. The third-order valence-corrected chi connectivity index (χ3v) is 4.81. The van der Waals surface area contributed by atoms with Crippen LogP contribution in [0.15, 0.2) is 0 Å². The zero-order valence-electron chi connectivity index (χ0n) is 9.42. The van der Waals surface area contributed by atoms with E-state index >= 15 is 0 Å². The largest absolute Gasteiger partial charge is 0.379 e. The van der Waals surface area contributed by atoms with Gasteiger partial charge in [-0.15, -0.1) is 0 Å². The molecule has 2 fully saturated rings. The Kier molecular flexibility index (Phi) is 3.41. The highest BCUT2D eigenvalue weighted by molar-refractivity contribution is 9.09. The molecule has 4 heteroatoms. The predicted molar refractivity (Wildman–Crippen MR) is 61.5 cm³/mol. The van der Waals surface area contributed by atoms with Crippen molar-refractivity contribution >= 4 is 15.9 Å². The third kappa shape index (κ3) is 2.09. The summed E-state index contributed by atoms with van der Waals surface area (Å²) in [5.74, 6) is 0. The van der Waals surface area contributed by atoms with Gasteiger partial charge >= 0.3 is 0 Å². The van der Waals surface area contributed by atoms with Gasteiger partial charge in [-0.2, -0.15) is 0 Å². The van der Waals surface area contributed by atoms with E-state index in [1.54, 1.807) is 7.11 Å². The van der Waals surface area contributed by atoms with Gasteiger partial charge < -0.3 is 14.2 Å². The molecule has 2 rings (SSSR count). The average molecular weight is 279 g/mol. The molecule has 3 atom stereocenters. The van der Waals surface area contributed by atoms with Crippen LogP contribution in [-0.4, -0.2) is 43.0 Å². The molecule has 1 spiro atoms. The molecule has 2 aliphatic heterocycles. The Hall–Kier alpha value is 0.360. The third-order valence-electron chi connectivity index (χ3n) is 3.62. The van der Waals surface area contributed by atoms with E-state index in [2.05, 4.69) is 22.9 Å². The Morgan fingerprint density at radius 1 is 1.40 bits per heavy atom. The summed E-state index contributed by atoms with van der Waals surface area (Å²) in [4.78, 5) is 0. The fourth-order valence-corrected chi connectivity index (χ4v) is 2.99. The van der Waals surface area contributed by atoms with Gasteiger partial charge in [-0.25, -0.2) is 0 Å². The number of alkyl halides is 1. The van der Waals surface area contributed by atoms with Crippen molar-refractivity contribution in [1.29, 1.82) is 0 Å². The highest BCUT2D eigenvalue weighted by Gasteiger charge is 2.52. The molecular weight excluding hydrogens is 260 g/mol. The van der Waals surface area contributed by atoms with Crippen LogP contribution in [0.3, 0.4) is 0 Å². The van der Waals surface area contributed by atoms with Crippen LogP contribution in [0.1, 0.15) is 26.2 Å². The summed E-state index contributed by atoms with van der Waals surface area (Å²) < 4.78 is 17.2. The molecular formula is C11H19BrO3. The summed E-state index contributed by atoms with van der Waals surface area (Å²) in [6.45, 7) is 3.62. The molecule has 0 aromatic heterocycles. The van der Waals surface area contributed by atoms with E-state index in [9.17, 15) is 0 Å². The zero-order chi connectivity index (χ0) is 10.9. The van der Waals surface area contributed by atoms with Gasteiger partial charge in [0.05, 0.1) is 17.8 Å². The van der Waals surface area contributed by atoms with E-state index in [4.69, 9.17) is 14.2 Å². The summed E-state index contributed by atoms with van der Waals surface area (Å²) in [6.07, 6.45) is 3.22. The summed E-state index contributed by atoms with van der Waals surface area (Å²) in [6, 6.07) is 0. The first kappa shape index (κ1) is 11.8. The highest BCUT2D eigenvalue weighted by atomic mass is 79.9. The van der Waals surface area contributed by atoms with E-state index in [1.807, 2.05) is 0 Å². The van der Waals surface area contributed by atoms with Crippen LogP contribution in [0.25, 0.3) is 0 Å². The molecule has 2 saturated heterocycles. The van der Waals surface area contributed by atoms with Crippen molar-refractivity contribution in [3.05, 3.63) is 0 Å². The maximum atomic E-state index is 6.28. The molecule has 0 aromatic rings. The van der Waals surface area contributed by atoms with Crippen LogP contribution in [0.5, 0.6) is 0 Å². The molecule has 3 nitrogen and oxygen atoms in total. The Morgan fingerprint density at radius 2 is 2.20 bits per heavy atom. The number of ether oxygens (including phenoxy) is 3. The Labute approximate surface area is 99.6 Å². The highest BCUT2D eigenvalue weighted by Crippen LogP contribution is 2.45. The molecule has 88 valence electrons. The normalized spacial score (nSPS) is 46.2. The molecule has 0 aromatic carbocycles. The van der Waals surface area contributed by atoms with Gasteiger partial charge in [0.25, 0.3) is 0 Å². The van der Waals surface area contributed by atoms with E-state index in [1.165, 1.54) is 0 Å². The number of halogens is 1. The first-order chi connectivity index (χ1) is 7.14. The molecule has 0 radical (unpaired) electrons. The van der Waals surface area contributed by atoms with Gasteiger partial charge in [0.1, 0.15) is 6.10 Å². The summed E-state index contributed by atoms with van der Waals surface area (Å²) in [7, 11) is 1.74. The molecule has 0 aliphatic carbocycles. The minimum absolute atomic E-state index is 0.0336. The van der Waals surface area contributed by atoms with Gasteiger partial charge in [-0.3, -0.25) is 0 Å². The second-order valence-corrected chi connectivity index (χ2v) is 5.36. The Bertz CT molecular complexity index is 236. The van der Waals surface area contributed by atoms with E-state index in [0.29, 0.717) is 6.61 Å². The maximum Gasteiger partial charge on any atom is 0.109 e. The smallest absolute Gasteiger partial charge is 0.109 e. The van der Waals surface area contributed by atoms with Gasteiger partial charge in [-0.05, 0) is 19.8 Å². The minimum atomic E-state index is -0.102. The van der Waals surface area contributed by atoms with Crippen LogP contribution in [0.2, 0.25) is 0 Å². The predicted octanol–water partition coefficient (Wildman–Crippen LogP) is 2.12. The van der Waals surface area contributed by atoms with Crippen LogP contribution < -0.4 is 0 Å². The lowest BCUT2D eigenvalue weighted by molar-refractivity contribution is -0.200. The molecule has 2 heterocycles. The molecule has 0 bridgehead atoms. The lowest BCUT2D eigenvalue weighted by Gasteiger charge is -2.41. The van der Waals surface area contributed by atoms with Crippen molar-refractivity contribution in [2.45, 2.75) is 43.5 Å². The molecule has 0 saturated carbocycles. The number of rotatable bonds is 2. The average Bonchev–Trinajstić information content (AvgIpc) is 2.59. The molecule has 2 aliphatic rings. The van der Waals surface area contributed by atoms with E-state index in [0.717, 1.165) is 31.2 Å². The van der Waals surface area contributed by atoms with Crippen molar-refractivity contribution in [1.82, 2.24) is 0 Å². The summed E-state index contributed by atoms with van der Waals surface area (Å²) >= 11 is 3.53. The zero-order valence-corrected chi connectivity index (χ0v) is 11.0. The van der Waals surface area contributed by atoms with Crippen molar-refractivity contribution in [3.63, 3.8) is 0 Å². The van der Waals surface area contributed by atoms with Crippen molar-refractivity contribution < 1.29 is 14.2 Å². The topological polar surface area (TPSA) is 27.7 Å². The van der Waals surface area contributed by atoms with Gasteiger partial charge in [0.15, 0.2) is 0 Å². The van der Waals surface area contributed by atoms with Gasteiger partial charge in [0.2, 0.25) is 0 Å². The lowest BCUT2D eigenvalue weighted by Crippen LogP contribution is -2.51. The van der Waals surface area contributed by atoms with Crippen molar-refractivity contribution in [2.24, 2.45) is 0 Å². The van der Waals surface area contributed by atoms with Crippen molar-refractivity contribution in [3.8, 4) is 0 Å². The number of hydrogen-bond acceptors (Lipinski definition) is 3. The van der Waals surface area contributed by atoms with Crippen LogP contribution in [-0.2, 0) is 14.2 Å². The van der Waals surface area contributed by atoms with Crippen LogP contribution in [0, 0.1) is 0 Å². The Morgan fingerprint density at radius 3 is 2.80 bits per heavy atom. The fraction of sp³-hybridized carbons (Fsp3) is 1.00. The second-order valence-electron chi connectivity index (χ2n) is 4.80. The Balaban J connectivity index is 2.12. The molecule has 0 amide bonds. The summed E-state index contributed by atoms with van der Waals surface area (Å²) in [5, 5.41) is 0.888.